The van der Waals surface area contributed by atoms with Crippen LogP contribution in [-0.4, -0.2) is 55.5 Å². The first-order valence-corrected chi connectivity index (χ1v) is 10.3. The number of nitrogens with zero attached hydrogens (tertiary/aromatic N) is 2. The minimum atomic E-state index is -0.351. The fraction of sp³-hybridized carbons (Fsp3) is 0.364. The van der Waals surface area contributed by atoms with Crippen molar-refractivity contribution >= 4 is 34.8 Å². The van der Waals surface area contributed by atoms with Crippen LogP contribution in [0.25, 0.3) is 0 Å². The molecule has 1 aliphatic rings. The molecule has 0 radical (unpaired) electrons. The lowest BCUT2D eigenvalue weighted by Gasteiger charge is -2.38. The van der Waals surface area contributed by atoms with E-state index < -0.39 is 0 Å². The van der Waals surface area contributed by atoms with Gasteiger partial charge in [-0.1, -0.05) is 17.7 Å². The van der Waals surface area contributed by atoms with Gasteiger partial charge in [0.25, 0.3) is 0 Å². The lowest BCUT2D eigenvalue weighted by molar-refractivity contribution is -0.128. The summed E-state index contributed by atoms with van der Waals surface area (Å²) in [5.41, 5.74) is 2.49. The molecular weight excluding hydrogens is 407 g/mol. The van der Waals surface area contributed by atoms with Crippen molar-refractivity contribution in [3.8, 4) is 0 Å². The maximum atomic E-state index is 13.1. The zero-order chi connectivity index (χ0) is 21.7. The van der Waals surface area contributed by atoms with E-state index in [1.54, 1.807) is 24.3 Å². The van der Waals surface area contributed by atoms with Gasteiger partial charge in [0.2, 0.25) is 11.8 Å². The molecule has 1 heterocycles. The molecule has 2 N–H and O–H groups in total. The Kier molecular flexibility index (Phi) is 7.29. The van der Waals surface area contributed by atoms with Crippen LogP contribution in [0.1, 0.15) is 12.5 Å². The number of hydrogen-bond acceptors (Lipinski definition) is 4. The van der Waals surface area contributed by atoms with Crippen molar-refractivity contribution in [2.24, 2.45) is 0 Å². The van der Waals surface area contributed by atoms with Gasteiger partial charge in [-0.05, 0) is 55.8 Å². The zero-order valence-corrected chi connectivity index (χ0v) is 17.9. The van der Waals surface area contributed by atoms with Crippen molar-refractivity contribution in [3.05, 3.63) is 58.9 Å². The summed E-state index contributed by atoms with van der Waals surface area (Å²) < 4.78 is 13.1. The number of amides is 2. The average Bonchev–Trinajstić information content (AvgIpc) is 2.74. The normalized spacial score (nSPS) is 15.5. The highest BCUT2D eigenvalue weighted by Crippen LogP contribution is 2.22. The Balaban J connectivity index is 1.44. The largest absolute Gasteiger partial charge is 0.369 e. The third-order valence-electron chi connectivity index (χ3n) is 5.26. The van der Waals surface area contributed by atoms with E-state index in [4.69, 9.17) is 11.6 Å². The maximum Gasteiger partial charge on any atom is 0.243 e. The van der Waals surface area contributed by atoms with Gasteiger partial charge in [-0.2, -0.15) is 0 Å². The van der Waals surface area contributed by atoms with Gasteiger partial charge in [-0.25, -0.2) is 4.39 Å². The second kappa shape index (κ2) is 9.91. The molecular formula is C22H26ClFN4O2. The number of nitrogens with one attached hydrogen (secondary N) is 2. The predicted octanol–water partition coefficient (Wildman–Crippen LogP) is 3.05. The SMILES string of the molecule is Cc1ccc(NC(=O)CNC(=O)C(C)N2CCN(c3ccc(F)cc3)CC2)c(Cl)c1. The number of carbonyl (C=O) groups excluding carboxylic acids is 2. The van der Waals surface area contributed by atoms with Crippen LogP contribution >= 0.6 is 11.6 Å². The molecule has 0 aromatic heterocycles. The standard InChI is InChI=1S/C22H26ClFN4O2/c1-15-3-8-20(19(23)13-15)26-21(29)14-25-22(30)16(2)27-9-11-28(12-10-27)18-6-4-17(24)5-7-18/h3-8,13,16H,9-12,14H2,1-2H3,(H,25,30)(H,26,29). The van der Waals surface area contributed by atoms with Crippen LogP contribution in [0.3, 0.4) is 0 Å². The molecule has 2 aromatic rings. The zero-order valence-electron chi connectivity index (χ0n) is 17.1. The Hall–Kier alpha value is -2.64. The lowest BCUT2D eigenvalue weighted by Crippen LogP contribution is -2.54. The molecule has 1 atom stereocenters. The van der Waals surface area contributed by atoms with Gasteiger partial charge >= 0.3 is 0 Å². The smallest absolute Gasteiger partial charge is 0.243 e. The molecule has 1 saturated heterocycles. The number of halogens is 2. The first-order valence-electron chi connectivity index (χ1n) is 9.92. The molecule has 1 fully saturated rings. The molecule has 0 spiro atoms. The first-order chi connectivity index (χ1) is 14.3. The van der Waals surface area contributed by atoms with Crippen molar-refractivity contribution in [3.63, 3.8) is 0 Å². The topological polar surface area (TPSA) is 64.7 Å². The third-order valence-corrected chi connectivity index (χ3v) is 5.57. The van der Waals surface area contributed by atoms with Crippen molar-refractivity contribution in [1.82, 2.24) is 10.2 Å². The molecule has 0 bridgehead atoms. The third kappa shape index (κ3) is 5.70. The van der Waals surface area contributed by atoms with Gasteiger partial charge in [-0.3, -0.25) is 14.5 Å². The molecule has 30 heavy (non-hydrogen) atoms. The van der Waals surface area contributed by atoms with E-state index in [0.29, 0.717) is 23.8 Å². The fourth-order valence-electron chi connectivity index (χ4n) is 3.42. The Labute approximate surface area is 181 Å². The average molecular weight is 433 g/mol. The number of aryl methyl sites for hydroxylation is 1. The number of anilines is 2. The van der Waals surface area contributed by atoms with Crippen LogP contribution in [0.2, 0.25) is 5.02 Å². The van der Waals surface area contributed by atoms with Crippen molar-refractivity contribution < 1.29 is 14.0 Å². The van der Waals surface area contributed by atoms with Crippen LogP contribution in [-0.2, 0) is 9.59 Å². The fourth-order valence-corrected chi connectivity index (χ4v) is 3.70. The monoisotopic (exact) mass is 432 g/mol. The highest BCUT2D eigenvalue weighted by Gasteiger charge is 2.26. The van der Waals surface area contributed by atoms with E-state index >= 15 is 0 Å². The van der Waals surface area contributed by atoms with Crippen molar-refractivity contribution in [2.75, 3.05) is 42.9 Å². The number of hydrogen-bond donors (Lipinski definition) is 2. The molecule has 6 nitrogen and oxygen atoms in total. The highest BCUT2D eigenvalue weighted by atomic mass is 35.5. The molecule has 160 valence electrons. The van der Waals surface area contributed by atoms with Crippen LogP contribution in [0.15, 0.2) is 42.5 Å². The van der Waals surface area contributed by atoms with Gasteiger partial charge in [0, 0.05) is 31.9 Å². The van der Waals surface area contributed by atoms with E-state index in [9.17, 15) is 14.0 Å². The summed E-state index contributed by atoms with van der Waals surface area (Å²) in [6.45, 7) is 6.53. The summed E-state index contributed by atoms with van der Waals surface area (Å²) in [6.07, 6.45) is 0. The minimum absolute atomic E-state index is 0.122. The molecule has 3 rings (SSSR count). The molecule has 1 aliphatic heterocycles. The summed E-state index contributed by atoms with van der Waals surface area (Å²) in [5, 5.41) is 5.86. The Morgan fingerprint density at radius 2 is 1.77 bits per heavy atom. The lowest BCUT2D eigenvalue weighted by atomic mass is 10.2. The van der Waals surface area contributed by atoms with Crippen LogP contribution in [0.5, 0.6) is 0 Å². The minimum Gasteiger partial charge on any atom is -0.369 e. The van der Waals surface area contributed by atoms with Crippen LogP contribution < -0.4 is 15.5 Å². The summed E-state index contributed by atoms with van der Waals surface area (Å²) in [5.74, 6) is -0.783. The van der Waals surface area contributed by atoms with Gasteiger partial charge in [0.1, 0.15) is 5.82 Å². The molecule has 2 aromatic carbocycles. The van der Waals surface area contributed by atoms with Gasteiger partial charge in [0.15, 0.2) is 0 Å². The molecule has 0 aliphatic carbocycles. The first kappa shape index (κ1) is 22.1. The second-order valence-electron chi connectivity index (χ2n) is 7.42. The van der Waals surface area contributed by atoms with Gasteiger partial charge < -0.3 is 15.5 Å². The number of rotatable bonds is 6. The van der Waals surface area contributed by atoms with E-state index in [1.165, 1.54) is 12.1 Å². The Morgan fingerprint density at radius 3 is 2.40 bits per heavy atom. The Bertz CT molecular complexity index is 899. The van der Waals surface area contributed by atoms with Crippen LogP contribution in [0.4, 0.5) is 15.8 Å². The summed E-state index contributed by atoms with van der Waals surface area (Å²) in [6, 6.07) is 11.4. The van der Waals surface area contributed by atoms with Gasteiger partial charge in [-0.15, -0.1) is 0 Å². The predicted molar refractivity (Wildman–Crippen MR) is 117 cm³/mol. The quantitative estimate of drug-likeness (QED) is 0.736. The molecule has 0 saturated carbocycles. The van der Waals surface area contributed by atoms with E-state index in [2.05, 4.69) is 20.4 Å². The summed E-state index contributed by atoms with van der Waals surface area (Å²) >= 11 is 6.12. The van der Waals surface area contributed by atoms with Crippen molar-refractivity contribution in [1.29, 1.82) is 0 Å². The summed E-state index contributed by atoms with van der Waals surface area (Å²) in [4.78, 5) is 28.9. The number of benzene rings is 2. The maximum absolute atomic E-state index is 13.1. The number of piperazine rings is 1. The van der Waals surface area contributed by atoms with E-state index in [-0.39, 0.29) is 30.2 Å². The highest BCUT2D eigenvalue weighted by molar-refractivity contribution is 6.33. The molecule has 8 heteroatoms. The van der Waals surface area contributed by atoms with Gasteiger partial charge in [0.05, 0.1) is 23.3 Å². The number of carbonyl (C=O) groups is 2. The summed E-state index contributed by atoms with van der Waals surface area (Å²) in [7, 11) is 0. The Morgan fingerprint density at radius 1 is 1.10 bits per heavy atom. The van der Waals surface area contributed by atoms with E-state index in [0.717, 1.165) is 24.3 Å². The molecule has 1 unspecified atom stereocenters. The van der Waals surface area contributed by atoms with Crippen molar-refractivity contribution in [2.45, 2.75) is 19.9 Å². The molecule has 2 amide bonds. The second-order valence-corrected chi connectivity index (χ2v) is 7.83. The van der Waals surface area contributed by atoms with E-state index in [1.807, 2.05) is 19.9 Å². The van der Waals surface area contributed by atoms with Crippen LogP contribution in [0, 0.1) is 12.7 Å².